The average Bonchev–Trinajstić information content (AvgIpc) is 2.67. The zero-order valence-electron chi connectivity index (χ0n) is 15.6. The molecule has 0 saturated heterocycles. The van der Waals surface area contributed by atoms with Gasteiger partial charge >= 0.3 is 0 Å². The van der Waals surface area contributed by atoms with Crippen molar-refractivity contribution >= 4 is 29.1 Å². The summed E-state index contributed by atoms with van der Waals surface area (Å²) in [5.74, 6) is 0.427. The maximum atomic E-state index is 11.1. The minimum absolute atomic E-state index is 0.155. The molecule has 1 aromatic carbocycles. The van der Waals surface area contributed by atoms with E-state index in [9.17, 15) is 9.59 Å². The Morgan fingerprint density at radius 2 is 1.56 bits per heavy atom. The number of carbonyl (C=O) groups is 2. The lowest BCUT2D eigenvalue weighted by atomic mass is 10.2. The second kappa shape index (κ2) is 13.7. The molecule has 0 radical (unpaired) electrons. The lowest BCUT2D eigenvalue weighted by Gasteiger charge is -2.14. The van der Waals surface area contributed by atoms with Crippen LogP contribution < -0.4 is 20.7 Å². The lowest BCUT2D eigenvalue weighted by molar-refractivity contribution is -0.117. The van der Waals surface area contributed by atoms with Crippen molar-refractivity contribution in [1.29, 1.82) is 0 Å². The molecular formula is C20H28ClN3O3. The highest BCUT2D eigenvalue weighted by molar-refractivity contribution is 6.30. The van der Waals surface area contributed by atoms with Crippen LogP contribution in [0.15, 0.2) is 43.5 Å². The molecule has 0 atom stereocenters. The molecular weight excluding hydrogens is 366 g/mol. The molecule has 2 amide bonds. The van der Waals surface area contributed by atoms with E-state index < -0.39 is 0 Å². The minimum Gasteiger partial charge on any atom is -0.491 e. The zero-order chi connectivity index (χ0) is 19.9. The zero-order valence-corrected chi connectivity index (χ0v) is 16.3. The van der Waals surface area contributed by atoms with Crippen LogP contribution >= 0.6 is 11.6 Å². The third-order valence-corrected chi connectivity index (χ3v) is 3.89. The van der Waals surface area contributed by atoms with E-state index >= 15 is 0 Å². The number of halogens is 1. The van der Waals surface area contributed by atoms with Crippen LogP contribution in [0.2, 0.25) is 5.02 Å². The molecule has 6 nitrogen and oxygen atoms in total. The predicted molar refractivity (Wildman–Crippen MR) is 110 cm³/mol. The Morgan fingerprint density at radius 1 is 0.963 bits per heavy atom. The largest absolute Gasteiger partial charge is 0.491 e. The van der Waals surface area contributed by atoms with Crippen molar-refractivity contribution in [1.82, 2.24) is 10.6 Å². The molecule has 0 fully saturated rings. The van der Waals surface area contributed by atoms with Crippen molar-refractivity contribution in [3.63, 3.8) is 0 Å². The quantitative estimate of drug-likeness (QED) is 0.334. The van der Waals surface area contributed by atoms with E-state index in [0.717, 1.165) is 43.7 Å². The second-order valence-corrected chi connectivity index (χ2v) is 6.26. The molecule has 0 aliphatic carbocycles. The number of ether oxygens (including phenoxy) is 1. The van der Waals surface area contributed by atoms with Gasteiger partial charge < -0.3 is 20.7 Å². The highest BCUT2D eigenvalue weighted by Gasteiger charge is 2.05. The van der Waals surface area contributed by atoms with Crippen LogP contribution in [-0.4, -0.2) is 38.1 Å². The van der Waals surface area contributed by atoms with E-state index in [4.69, 9.17) is 16.3 Å². The standard InChI is InChI=1S/C20H28ClN3O3/c1-3-19(25)23-12-6-5-11-22-17-15-16(21)9-10-18(17)27-14-8-7-13-24-20(26)4-2/h3-4,9-10,15,22H,1-2,5-8,11-14H2,(H,23,25)(H,24,26). The number of hydrogen-bond donors (Lipinski definition) is 3. The van der Waals surface area contributed by atoms with Gasteiger partial charge in [-0.1, -0.05) is 24.8 Å². The summed E-state index contributed by atoms with van der Waals surface area (Å²) in [4.78, 5) is 22.1. The summed E-state index contributed by atoms with van der Waals surface area (Å²) in [5, 5.41) is 9.43. The fraction of sp³-hybridized carbons (Fsp3) is 0.400. The Bertz CT molecular complexity index is 635. The molecule has 1 rings (SSSR count). The summed E-state index contributed by atoms with van der Waals surface area (Å²) in [6.07, 6.45) is 5.93. The van der Waals surface area contributed by atoms with E-state index in [1.54, 1.807) is 6.07 Å². The summed E-state index contributed by atoms with van der Waals surface area (Å²) in [5.41, 5.74) is 0.845. The van der Waals surface area contributed by atoms with Crippen molar-refractivity contribution < 1.29 is 14.3 Å². The topological polar surface area (TPSA) is 79.5 Å². The Morgan fingerprint density at radius 3 is 2.19 bits per heavy atom. The van der Waals surface area contributed by atoms with E-state index in [1.165, 1.54) is 12.2 Å². The maximum absolute atomic E-state index is 11.1. The first kappa shape index (κ1) is 22.6. The van der Waals surface area contributed by atoms with Crippen LogP contribution in [0.3, 0.4) is 0 Å². The van der Waals surface area contributed by atoms with E-state index in [2.05, 4.69) is 29.1 Å². The fourth-order valence-electron chi connectivity index (χ4n) is 2.22. The third kappa shape index (κ3) is 10.3. The van der Waals surface area contributed by atoms with Gasteiger partial charge in [-0.25, -0.2) is 0 Å². The number of amides is 2. The number of benzene rings is 1. The van der Waals surface area contributed by atoms with Crippen LogP contribution in [0.4, 0.5) is 5.69 Å². The highest BCUT2D eigenvalue weighted by atomic mass is 35.5. The number of anilines is 1. The van der Waals surface area contributed by atoms with Crippen molar-refractivity contribution in [2.24, 2.45) is 0 Å². The van der Waals surface area contributed by atoms with Gasteiger partial charge in [-0.05, 0) is 56.0 Å². The summed E-state index contributed by atoms with van der Waals surface area (Å²) >= 11 is 6.08. The molecule has 0 aromatic heterocycles. The van der Waals surface area contributed by atoms with Gasteiger partial charge in [-0.3, -0.25) is 9.59 Å². The second-order valence-electron chi connectivity index (χ2n) is 5.82. The molecule has 0 saturated carbocycles. The SMILES string of the molecule is C=CC(=O)NCCCCNc1cc(Cl)ccc1OCCCCNC(=O)C=C. The van der Waals surface area contributed by atoms with Crippen molar-refractivity contribution in [3.05, 3.63) is 48.5 Å². The normalized spacial score (nSPS) is 9.96. The summed E-state index contributed by atoms with van der Waals surface area (Å²) in [7, 11) is 0. The number of carbonyl (C=O) groups excluding carboxylic acids is 2. The maximum Gasteiger partial charge on any atom is 0.243 e. The Labute approximate surface area is 166 Å². The van der Waals surface area contributed by atoms with E-state index in [1.807, 2.05) is 12.1 Å². The minimum atomic E-state index is -0.163. The molecule has 27 heavy (non-hydrogen) atoms. The van der Waals surface area contributed by atoms with Crippen LogP contribution in [-0.2, 0) is 9.59 Å². The molecule has 1 aromatic rings. The van der Waals surface area contributed by atoms with Gasteiger partial charge in [0.05, 0.1) is 12.3 Å². The molecule has 148 valence electrons. The van der Waals surface area contributed by atoms with Gasteiger partial charge in [0.1, 0.15) is 5.75 Å². The summed E-state index contributed by atoms with van der Waals surface area (Å²) in [6.45, 7) is 9.33. The lowest BCUT2D eigenvalue weighted by Crippen LogP contribution is -2.22. The van der Waals surface area contributed by atoms with Crippen molar-refractivity contribution in [3.8, 4) is 5.75 Å². The molecule has 0 aliphatic heterocycles. The number of hydrogen-bond acceptors (Lipinski definition) is 4. The van der Waals surface area contributed by atoms with Crippen LogP contribution in [0, 0.1) is 0 Å². The van der Waals surface area contributed by atoms with Crippen LogP contribution in [0.1, 0.15) is 25.7 Å². The smallest absolute Gasteiger partial charge is 0.243 e. The Kier molecular flexibility index (Phi) is 11.4. The molecule has 0 heterocycles. The van der Waals surface area contributed by atoms with Gasteiger partial charge in [0, 0.05) is 24.7 Å². The average molecular weight is 394 g/mol. The van der Waals surface area contributed by atoms with Crippen LogP contribution in [0.5, 0.6) is 5.75 Å². The molecule has 0 aliphatic rings. The highest BCUT2D eigenvalue weighted by Crippen LogP contribution is 2.28. The van der Waals surface area contributed by atoms with Gasteiger partial charge in [-0.15, -0.1) is 0 Å². The molecule has 0 bridgehead atoms. The Hall–Kier alpha value is -2.47. The van der Waals surface area contributed by atoms with Crippen LogP contribution in [0.25, 0.3) is 0 Å². The van der Waals surface area contributed by atoms with E-state index in [-0.39, 0.29) is 11.8 Å². The molecule has 3 N–H and O–H groups in total. The molecule has 7 heteroatoms. The molecule has 0 spiro atoms. The van der Waals surface area contributed by atoms with Gasteiger partial charge in [0.25, 0.3) is 0 Å². The van der Waals surface area contributed by atoms with Gasteiger partial charge in [-0.2, -0.15) is 0 Å². The monoisotopic (exact) mass is 393 g/mol. The predicted octanol–water partition coefficient (Wildman–Crippen LogP) is 3.30. The van der Waals surface area contributed by atoms with Gasteiger partial charge in [0.15, 0.2) is 0 Å². The van der Waals surface area contributed by atoms with E-state index in [0.29, 0.717) is 24.7 Å². The number of unbranched alkanes of at least 4 members (excludes halogenated alkanes) is 2. The van der Waals surface area contributed by atoms with Crippen molar-refractivity contribution in [2.75, 3.05) is 31.6 Å². The first-order valence-electron chi connectivity index (χ1n) is 9.03. The number of rotatable bonds is 14. The number of nitrogens with one attached hydrogen (secondary N) is 3. The fourth-order valence-corrected chi connectivity index (χ4v) is 2.39. The first-order valence-corrected chi connectivity index (χ1v) is 9.41. The molecule has 0 unspecified atom stereocenters. The summed E-state index contributed by atoms with van der Waals surface area (Å²) in [6, 6.07) is 5.46. The van der Waals surface area contributed by atoms with Gasteiger partial charge in [0.2, 0.25) is 11.8 Å². The third-order valence-electron chi connectivity index (χ3n) is 3.66. The Balaban J connectivity index is 2.30. The van der Waals surface area contributed by atoms with Crippen molar-refractivity contribution in [2.45, 2.75) is 25.7 Å². The summed E-state index contributed by atoms with van der Waals surface area (Å²) < 4.78 is 5.83. The first-order chi connectivity index (χ1) is 13.1.